The third-order valence-corrected chi connectivity index (χ3v) is 3.01. The van der Waals surface area contributed by atoms with Gasteiger partial charge in [-0.25, -0.2) is 4.39 Å². The second-order valence-electron chi connectivity index (χ2n) is 4.52. The largest absolute Gasteiger partial charge is 0.455 e. The van der Waals surface area contributed by atoms with Crippen LogP contribution >= 0.6 is 11.6 Å². The van der Waals surface area contributed by atoms with Gasteiger partial charge in [-0.15, -0.1) is 0 Å². The highest BCUT2D eigenvalue weighted by molar-refractivity contribution is 6.30. The first-order valence-electron chi connectivity index (χ1n) is 6.48. The van der Waals surface area contributed by atoms with Gasteiger partial charge < -0.3 is 10.1 Å². The standard InChI is InChI=1S/C16H13ClFNO3/c17-12-3-7-14(8-4-12)19-15(20)10-22-16(21)9-11-1-5-13(18)6-2-11/h1-8H,9-10H2,(H,19,20). The van der Waals surface area contributed by atoms with Gasteiger partial charge in [-0.05, 0) is 42.0 Å². The van der Waals surface area contributed by atoms with E-state index in [-0.39, 0.29) is 18.8 Å². The maximum absolute atomic E-state index is 12.7. The molecular weight excluding hydrogens is 309 g/mol. The smallest absolute Gasteiger partial charge is 0.310 e. The second kappa shape index (κ2) is 7.56. The number of halogens is 2. The molecule has 0 aromatic heterocycles. The van der Waals surface area contributed by atoms with Crippen molar-refractivity contribution in [3.63, 3.8) is 0 Å². The van der Waals surface area contributed by atoms with Gasteiger partial charge in [0.05, 0.1) is 6.42 Å². The van der Waals surface area contributed by atoms with Crippen LogP contribution in [0.3, 0.4) is 0 Å². The van der Waals surface area contributed by atoms with Crippen LogP contribution in [0, 0.1) is 5.82 Å². The molecule has 0 aliphatic rings. The normalized spacial score (nSPS) is 10.1. The predicted molar refractivity (Wildman–Crippen MR) is 81.1 cm³/mol. The van der Waals surface area contributed by atoms with Crippen molar-refractivity contribution < 1.29 is 18.7 Å². The van der Waals surface area contributed by atoms with Crippen molar-refractivity contribution >= 4 is 29.2 Å². The van der Waals surface area contributed by atoms with Crippen LogP contribution in [0.15, 0.2) is 48.5 Å². The third-order valence-electron chi connectivity index (χ3n) is 2.75. The van der Waals surface area contributed by atoms with E-state index in [0.29, 0.717) is 16.3 Å². The summed E-state index contributed by atoms with van der Waals surface area (Å²) in [6.07, 6.45) is -0.0193. The molecule has 0 bridgehead atoms. The van der Waals surface area contributed by atoms with E-state index in [2.05, 4.69) is 5.32 Å². The van der Waals surface area contributed by atoms with E-state index >= 15 is 0 Å². The molecule has 0 fully saturated rings. The number of carbonyl (C=O) groups is 2. The van der Waals surface area contributed by atoms with Crippen LogP contribution in [0.1, 0.15) is 5.56 Å². The minimum atomic E-state index is -0.558. The monoisotopic (exact) mass is 321 g/mol. The zero-order valence-corrected chi connectivity index (χ0v) is 12.3. The number of ether oxygens (including phenoxy) is 1. The fraction of sp³-hybridized carbons (Fsp3) is 0.125. The molecule has 114 valence electrons. The fourth-order valence-corrected chi connectivity index (χ4v) is 1.82. The topological polar surface area (TPSA) is 55.4 Å². The Morgan fingerprint density at radius 2 is 1.68 bits per heavy atom. The molecule has 0 atom stereocenters. The molecule has 0 heterocycles. The molecule has 2 aromatic carbocycles. The maximum atomic E-state index is 12.7. The van der Waals surface area contributed by atoms with Crippen LogP contribution in [0.5, 0.6) is 0 Å². The summed E-state index contributed by atoms with van der Waals surface area (Å²) in [7, 11) is 0. The minimum Gasteiger partial charge on any atom is -0.455 e. The van der Waals surface area contributed by atoms with Gasteiger partial charge in [-0.3, -0.25) is 9.59 Å². The highest BCUT2D eigenvalue weighted by atomic mass is 35.5. The molecule has 0 saturated heterocycles. The van der Waals surface area contributed by atoms with Crippen molar-refractivity contribution in [1.82, 2.24) is 0 Å². The zero-order chi connectivity index (χ0) is 15.9. The van der Waals surface area contributed by atoms with E-state index in [4.69, 9.17) is 16.3 Å². The first kappa shape index (κ1) is 16.0. The second-order valence-corrected chi connectivity index (χ2v) is 4.96. The van der Waals surface area contributed by atoms with E-state index in [0.717, 1.165) is 0 Å². The molecule has 0 aliphatic heterocycles. The van der Waals surface area contributed by atoms with Gasteiger partial charge in [0.15, 0.2) is 6.61 Å². The summed E-state index contributed by atoms with van der Waals surface area (Å²) in [5.74, 6) is -1.38. The van der Waals surface area contributed by atoms with Crippen LogP contribution in [-0.2, 0) is 20.7 Å². The summed E-state index contributed by atoms with van der Waals surface area (Å²) in [5, 5.41) is 3.13. The lowest BCUT2D eigenvalue weighted by Gasteiger charge is -2.07. The van der Waals surface area contributed by atoms with Gasteiger partial charge in [0.2, 0.25) is 0 Å². The SMILES string of the molecule is O=C(COC(=O)Cc1ccc(F)cc1)Nc1ccc(Cl)cc1. The number of hydrogen-bond donors (Lipinski definition) is 1. The molecule has 0 unspecified atom stereocenters. The number of benzene rings is 2. The Labute approximate surface area is 131 Å². The molecule has 1 N–H and O–H groups in total. The molecule has 0 radical (unpaired) electrons. The van der Waals surface area contributed by atoms with Gasteiger partial charge in [0.25, 0.3) is 5.91 Å². The van der Waals surface area contributed by atoms with Crippen molar-refractivity contribution in [2.45, 2.75) is 6.42 Å². The Bertz CT molecular complexity index is 597. The Balaban J connectivity index is 1.76. The van der Waals surface area contributed by atoms with Crippen LogP contribution in [0.25, 0.3) is 0 Å². The van der Waals surface area contributed by atoms with Gasteiger partial charge >= 0.3 is 5.97 Å². The van der Waals surface area contributed by atoms with Crippen molar-refractivity contribution in [1.29, 1.82) is 0 Å². The van der Waals surface area contributed by atoms with Gasteiger partial charge in [-0.2, -0.15) is 0 Å². The summed E-state index contributed by atoms with van der Waals surface area (Å²) in [4.78, 5) is 23.2. The van der Waals surface area contributed by atoms with Crippen LogP contribution in [0.4, 0.5) is 10.1 Å². The highest BCUT2D eigenvalue weighted by Gasteiger charge is 2.09. The van der Waals surface area contributed by atoms with E-state index in [1.54, 1.807) is 24.3 Å². The quantitative estimate of drug-likeness (QED) is 0.860. The number of hydrogen-bond acceptors (Lipinski definition) is 3. The summed E-state index contributed by atoms with van der Waals surface area (Å²) in [6.45, 7) is -0.386. The van der Waals surface area contributed by atoms with Crippen LogP contribution < -0.4 is 5.32 Å². The van der Waals surface area contributed by atoms with E-state index in [9.17, 15) is 14.0 Å². The molecule has 6 heteroatoms. The molecule has 4 nitrogen and oxygen atoms in total. The number of anilines is 1. The van der Waals surface area contributed by atoms with Gasteiger partial charge in [0, 0.05) is 10.7 Å². The minimum absolute atomic E-state index is 0.0193. The molecule has 22 heavy (non-hydrogen) atoms. The van der Waals surface area contributed by atoms with Crippen molar-refractivity contribution in [3.8, 4) is 0 Å². The lowest BCUT2D eigenvalue weighted by atomic mass is 10.1. The third kappa shape index (κ3) is 5.18. The summed E-state index contributed by atoms with van der Waals surface area (Å²) in [5.41, 5.74) is 1.17. The summed E-state index contributed by atoms with van der Waals surface area (Å²) in [6, 6.07) is 12.1. The van der Waals surface area contributed by atoms with E-state index in [1.807, 2.05) is 0 Å². The first-order chi connectivity index (χ1) is 10.5. The Morgan fingerprint density at radius 3 is 2.32 bits per heavy atom. The molecule has 0 spiro atoms. The lowest BCUT2D eigenvalue weighted by Crippen LogP contribution is -2.21. The average Bonchev–Trinajstić information content (AvgIpc) is 2.50. The summed E-state index contributed by atoms with van der Waals surface area (Å²) < 4.78 is 17.6. The van der Waals surface area contributed by atoms with Crippen molar-refractivity contribution in [3.05, 3.63) is 64.9 Å². The zero-order valence-electron chi connectivity index (χ0n) is 11.5. The Hall–Kier alpha value is -2.40. The fourth-order valence-electron chi connectivity index (χ4n) is 1.70. The lowest BCUT2D eigenvalue weighted by molar-refractivity contribution is -0.146. The van der Waals surface area contributed by atoms with Crippen molar-refractivity contribution in [2.75, 3.05) is 11.9 Å². The predicted octanol–water partition coefficient (Wildman–Crippen LogP) is 3.20. The average molecular weight is 322 g/mol. The maximum Gasteiger partial charge on any atom is 0.310 e. The van der Waals surface area contributed by atoms with Gasteiger partial charge in [0.1, 0.15) is 5.82 Å². The van der Waals surface area contributed by atoms with Crippen molar-refractivity contribution in [2.24, 2.45) is 0 Å². The Morgan fingerprint density at radius 1 is 1.05 bits per heavy atom. The number of carbonyl (C=O) groups excluding carboxylic acids is 2. The molecule has 1 amide bonds. The molecule has 0 aliphatic carbocycles. The summed E-state index contributed by atoms with van der Waals surface area (Å²) >= 11 is 5.73. The number of rotatable bonds is 5. The number of amides is 1. The molecule has 2 aromatic rings. The number of nitrogens with one attached hydrogen (secondary N) is 1. The van der Waals surface area contributed by atoms with Crippen LogP contribution in [0.2, 0.25) is 5.02 Å². The first-order valence-corrected chi connectivity index (χ1v) is 6.86. The number of esters is 1. The highest BCUT2D eigenvalue weighted by Crippen LogP contribution is 2.13. The van der Waals surface area contributed by atoms with E-state index < -0.39 is 11.9 Å². The molecular formula is C16H13ClFNO3. The molecule has 2 rings (SSSR count). The molecule has 0 saturated carbocycles. The van der Waals surface area contributed by atoms with Crippen LogP contribution in [-0.4, -0.2) is 18.5 Å². The Kier molecular flexibility index (Phi) is 5.49. The van der Waals surface area contributed by atoms with E-state index in [1.165, 1.54) is 24.3 Å². The van der Waals surface area contributed by atoms with Gasteiger partial charge in [-0.1, -0.05) is 23.7 Å².